The van der Waals surface area contributed by atoms with Crippen LogP contribution in [0.5, 0.6) is 0 Å². The molecule has 0 saturated heterocycles. The fourth-order valence-corrected chi connectivity index (χ4v) is 0.402. The van der Waals surface area contributed by atoms with Gasteiger partial charge in [-0.1, -0.05) is 0 Å². The van der Waals surface area contributed by atoms with E-state index in [0.717, 1.165) is 6.07 Å². The molecule has 1 aromatic rings. The number of alkyl halides is 3. The number of hydrogen-bond acceptors (Lipinski definition) is 1. The van der Waals surface area contributed by atoms with Crippen LogP contribution in [0.2, 0.25) is 0 Å². The Hall–Kier alpha value is -1.06. The third-order valence-corrected chi connectivity index (χ3v) is 0.782. The summed E-state index contributed by atoms with van der Waals surface area (Å²) < 4.78 is 35.0. The highest BCUT2D eigenvalue weighted by atomic mass is 19.4. The second kappa shape index (κ2) is 2.28. The lowest BCUT2D eigenvalue weighted by atomic mass is 10.3. The number of rotatable bonds is 0. The first-order valence-corrected chi connectivity index (χ1v) is 2.34. The van der Waals surface area contributed by atoms with Crippen molar-refractivity contribution in [1.82, 2.24) is 4.98 Å². The van der Waals surface area contributed by atoms with Crippen LogP contribution < -0.4 is 0 Å². The SMILES string of the molecule is FC(F)(F)c1[c]c[c][c]n1. The van der Waals surface area contributed by atoms with Crippen LogP contribution in [0, 0.1) is 18.3 Å². The van der Waals surface area contributed by atoms with Crippen molar-refractivity contribution in [1.29, 1.82) is 0 Å². The maximum Gasteiger partial charge on any atom is 0.433 e. The summed E-state index contributed by atoms with van der Waals surface area (Å²) >= 11 is 0. The number of hydrogen-bond donors (Lipinski definition) is 0. The van der Waals surface area contributed by atoms with Crippen molar-refractivity contribution in [3.8, 4) is 0 Å². The Morgan fingerprint density at radius 1 is 1.40 bits per heavy atom. The zero-order valence-corrected chi connectivity index (χ0v) is 4.66. The maximum atomic E-state index is 11.7. The summed E-state index contributed by atoms with van der Waals surface area (Å²) in [5.41, 5.74) is -1.06. The van der Waals surface area contributed by atoms with Crippen molar-refractivity contribution in [3.05, 3.63) is 30.1 Å². The summed E-state index contributed by atoms with van der Waals surface area (Å²) in [6.07, 6.45) is -2.48. The number of halogens is 3. The van der Waals surface area contributed by atoms with Gasteiger partial charge in [-0.3, -0.25) is 0 Å². The van der Waals surface area contributed by atoms with E-state index in [1.807, 2.05) is 12.3 Å². The fraction of sp³-hybridized carbons (Fsp3) is 0.167. The highest BCUT2D eigenvalue weighted by Crippen LogP contribution is 2.25. The first-order chi connectivity index (χ1) is 4.61. The maximum absolute atomic E-state index is 11.7. The summed E-state index contributed by atoms with van der Waals surface area (Å²) in [7, 11) is 0. The molecule has 0 fully saturated rings. The average molecular weight is 144 g/mol. The molecule has 0 aromatic carbocycles. The molecular weight excluding hydrogens is 143 g/mol. The van der Waals surface area contributed by atoms with Gasteiger partial charge >= 0.3 is 6.18 Å². The molecule has 0 aliphatic carbocycles. The second-order valence-electron chi connectivity index (χ2n) is 1.50. The molecular formula is C6HF3N. The van der Waals surface area contributed by atoms with Gasteiger partial charge in [0.2, 0.25) is 0 Å². The lowest BCUT2D eigenvalue weighted by Crippen LogP contribution is -2.07. The molecule has 0 atom stereocenters. The zero-order valence-electron chi connectivity index (χ0n) is 4.66. The fourth-order valence-electron chi connectivity index (χ4n) is 0.402. The van der Waals surface area contributed by atoms with Crippen molar-refractivity contribution in [2.45, 2.75) is 6.18 Å². The molecule has 0 unspecified atom stereocenters. The van der Waals surface area contributed by atoms with Gasteiger partial charge in [0.05, 0.1) is 6.20 Å². The summed E-state index contributed by atoms with van der Waals surface area (Å²) in [5, 5.41) is 0. The average Bonchev–Trinajstić information content (AvgIpc) is 1.88. The van der Waals surface area contributed by atoms with Crippen LogP contribution in [-0.2, 0) is 6.18 Å². The molecule has 51 valence electrons. The van der Waals surface area contributed by atoms with Gasteiger partial charge in [0.1, 0.15) is 0 Å². The van der Waals surface area contributed by atoms with E-state index in [1.54, 1.807) is 0 Å². The molecule has 0 aliphatic heterocycles. The van der Waals surface area contributed by atoms with Gasteiger partial charge in [-0.25, -0.2) is 4.98 Å². The molecule has 1 aromatic heterocycles. The Kier molecular flexibility index (Phi) is 1.61. The third-order valence-electron chi connectivity index (χ3n) is 0.782. The minimum absolute atomic E-state index is 0.996. The van der Waals surface area contributed by atoms with Gasteiger partial charge in [-0.2, -0.15) is 13.2 Å². The zero-order chi connectivity index (χ0) is 7.61. The molecule has 10 heavy (non-hydrogen) atoms. The minimum atomic E-state index is -4.43. The molecule has 4 heteroatoms. The standard InChI is InChI=1S/C6HF3N/c7-6(8,9)5-3-1-2-4-10-5/h1H. The smallest absolute Gasteiger partial charge is 0.240 e. The van der Waals surface area contributed by atoms with Gasteiger partial charge in [0, 0.05) is 12.1 Å². The van der Waals surface area contributed by atoms with E-state index < -0.39 is 11.9 Å². The lowest BCUT2D eigenvalue weighted by Gasteiger charge is -2.01. The Labute approximate surface area is 55.5 Å². The van der Waals surface area contributed by atoms with Gasteiger partial charge < -0.3 is 0 Å². The number of pyridine rings is 1. The summed E-state index contributed by atoms with van der Waals surface area (Å²) in [6.45, 7) is 0. The molecule has 0 amide bonds. The third kappa shape index (κ3) is 1.46. The van der Waals surface area contributed by atoms with E-state index in [4.69, 9.17) is 0 Å². The predicted octanol–water partition coefficient (Wildman–Crippen LogP) is 1.50. The van der Waals surface area contributed by atoms with E-state index in [2.05, 4.69) is 11.1 Å². The van der Waals surface area contributed by atoms with Crippen LogP contribution in [0.25, 0.3) is 0 Å². The van der Waals surface area contributed by atoms with Gasteiger partial charge in [-0.05, 0) is 6.07 Å². The van der Waals surface area contributed by atoms with E-state index in [1.165, 1.54) is 0 Å². The van der Waals surface area contributed by atoms with E-state index in [9.17, 15) is 13.2 Å². The monoisotopic (exact) mass is 144 g/mol. The van der Waals surface area contributed by atoms with Crippen LogP contribution in [0.15, 0.2) is 6.07 Å². The van der Waals surface area contributed by atoms with Crippen LogP contribution in [0.3, 0.4) is 0 Å². The number of nitrogens with zero attached hydrogens (tertiary/aromatic N) is 1. The van der Waals surface area contributed by atoms with Crippen molar-refractivity contribution < 1.29 is 13.2 Å². The molecule has 1 rings (SSSR count). The largest absolute Gasteiger partial charge is 0.433 e. The van der Waals surface area contributed by atoms with Gasteiger partial charge in [0.25, 0.3) is 0 Å². The normalized spacial score (nSPS) is 11.5. The van der Waals surface area contributed by atoms with E-state index in [0.29, 0.717) is 0 Å². The molecule has 3 radical (unpaired) electrons. The summed E-state index contributed by atoms with van der Waals surface area (Å²) in [4.78, 5) is 2.89. The molecule has 0 N–H and O–H groups in total. The first kappa shape index (κ1) is 7.05. The van der Waals surface area contributed by atoms with Crippen molar-refractivity contribution in [2.75, 3.05) is 0 Å². The Morgan fingerprint density at radius 3 is 2.40 bits per heavy atom. The molecule has 0 bridgehead atoms. The van der Waals surface area contributed by atoms with Gasteiger partial charge in [0.15, 0.2) is 5.69 Å². The second-order valence-corrected chi connectivity index (χ2v) is 1.50. The minimum Gasteiger partial charge on any atom is -0.240 e. The predicted molar refractivity (Wildman–Crippen MR) is 25.7 cm³/mol. The van der Waals surface area contributed by atoms with Crippen molar-refractivity contribution in [3.63, 3.8) is 0 Å². The molecule has 1 heterocycles. The van der Waals surface area contributed by atoms with Crippen LogP contribution in [0.1, 0.15) is 5.69 Å². The van der Waals surface area contributed by atoms with E-state index in [-0.39, 0.29) is 0 Å². The van der Waals surface area contributed by atoms with Crippen LogP contribution >= 0.6 is 0 Å². The van der Waals surface area contributed by atoms with E-state index >= 15 is 0 Å². The molecule has 0 aliphatic rings. The summed E-state index contributed by atoms with van der Waals surface area (Å²) in [5.74, 6) is 0. The topological polar surface area (TPSA) is 12.9 Å². The highest BCUT2D eigenvalue weighted by Gasteiger charge is 2.31. The van der Waals surface area contributed by atoms with Crippen LogP contribution in [-0.4, -0.2) is 4.98 Å². The quantitative estimate of drug-likeness (QED) is 0.537. The van der Waals surface area contributed by atoms with Gasteiger partial charge in [-0.15, -0.1) is 0 Å². The Morgan fingerprint density at radius 2 is 2.10 bits per heavy atom. The lowest BCUT2D eigenvalue weighted by molar-refractivity contribution is -0.141. The molecule has 1 nitrogen and oxygen atoms in total. The number of aromatic nitrogens is 1. The Balaban J connectivity index is 2.97. The Bertz CT molecular complexity index is 204. The first-order valence-electron chi connectivity index (χ1n) is 2.34. The summed E-state index contributed by atoms with van der Waals surface area (Å²) in [6, 6.07) is 5.09. The highest BCUT2D eigenvalue weighted by molar-refractivity contribution is 5.02. The van der Waals surface area contributed by atoms with Crippen molar-refractivity contribution >= 4 is 0 Å². The molecule has 0 spiro atoms. The van der Waals surface area contributed by atoms with Crippen molar-refractivity contribution in [2.24, 2.45) is 0 Å². The molecule has 0 saturated carbocycles. The van der Waals surface area contributed by atoms with Crippen LogP contribution in [0.4, 0.5) is 13.2 Å².